The molecule has 0 amide bonds. The van der Waals surface area contributed by atoms with Crippen molar-refractivity contribution in [1.29, 1.82) is 0 Å². The van der Waals surface area contributed by atoms with Crippen LogP contribution in [0.25, 0.3) is 16.6 Å². The van der Waals surface area contributed by atoms with Crippen molar-refractivity contribution >= 4 is 28.3 Å². The molecule has 0 bridgehead atoms. The normalized spacial score (nSPS) is 10.9. The number of rotatable bonds is 4. The van der Waals surface area contributed by atoms with Crippen molar-refractivity contribution in [3.63, 3.8) is 0 Å². The highest BCUT2D eigenvalue weighted by Gasteiger charge is 2.12. The number of halogens is 1. The van der Waals surface area contributed by atoms with E-state index < -0.39 is 0 Å². The Hall–Kier alpha value is -2.37. The Bertz CT molecular complexity index is 921. The van der Waals surface area contributed by atoms with Crippen LogP contribution in [0.4, 0.5) is 5.82 Å². The molecule has 5 nitrogen and oxygen atoms in total. The summed E-state index contributed by atoms with van der Waals surface area (Å²) in [5.74, 6) is 0.518. The molecule has 3 aromatic rings. The zero-order valence-corrected chi connectivity index (χ0v) is 13.3. The van der Waals surface area contributed by atoms with E-state index in [1.807, 2.05) is 30.3 Å². The summed E-state index contributed by atoms with van der Waals surface area (Å²) >= 11 is 6.12. The first-order valence-electron chi connectivity index (χ1n) is 7.24. The number of hydrogen-bond donors (Lipinski definition) is 2. The molecule has 1 aromatic heterocycles. The van der Waals surface area contributed by atoms with Crippen LogP contribution in [0.5, 0.6) is 0 Å². The fourth-order valence-corrected chi connectivity index (χ4v) is 2.79. The summed E-state index contributed by atoms with van der Waals surface area (Å²) < 4.78 is 1.53. The predicted octanol–water partition coefficient (Wildman–Crippen LogP) is 2.62. The number of nitrogens with zero attached hydrogens (tertiary/aromatic N) is 2. The predicted molar refractivity (Wildman–Crippen MR) is 92.7 cm³/mol. The van der Waals surface area contributed by atoms with Gasteiger partial charge in [0.2, 0.25) is 0 Å². The van der Waals surface area contributed by atoms with E-state index >= 15 is 0 Å². The lowest BCUT2D eigenvalue weighted by Gasteiger charge is -2.13. The number of anilines is 1. The van der Waals surface area contributed by atoms with Crippen LogP contribution >= 0.6 is 11.6 Å². The molecule has 0 fully saturated rings. The zero-order chi connectivity index (χ0) is 16.4. The third kappa shape index (κ3) is 2.93. The standard InChI is InChI=1S/C17H16ClN3O2/c1-19-16-14-6-5-12(18)10-15(14)21(17(23)20-16)13-4-2-3-11(9-13)7-8-22/h2-6,9-10,22H,7-8H2,1H3,(H,19,20,23). The van der Waals surface area contributed by atoms with E-state index in [1.165, 1.54) is 4.57 Å². The van der Waals surface area contributed by atoms with Gasteiger partial charge in [-0.2, -0.15) is 4.98 Å². The minimum Gasteiger partial charge on any atom is -0.396 e. The van der Waals surface area contributed by atoms with Gasteiger partial charge in [-0.3, -0.25) is 4.57 Å². The fraction of sp³-hybridized carbons (Fsp3) is 0.176. The van der Waals surface area contributed by atoms with E-state index in [4.69, 9.17) is 16.7 Å². The Labute approximate surface area is 138 Å². The van der Waals surface area contributed by atoms with E-state index in [9.17, 15) is 4.79 Å². The molecule has 2 N–H and O–H groups in total. The highest BCUT2D eigenvalue weighted by atomic mass is 35.5. The molecule has 0 atom stereocenters. The lowest BCUT2D eigenvalue weighted by molar-refractivity contribution is 0.299. The van der Waals surface area contributed by atoms with Crippen LogP contribution < -0.4 is 11.0 Å². The molecule has 0 aliphatic heterocycles. The van der Waals surface area contributed by atoms with Gasteiger partial charge in [0.1, 0.15) is 5.82 Å². The molecule has 6 heteroatoms. The van der Waals surface area contributed by atoms with Crippen molar-refractivity contribution < 1.29 is 5.11 Å². The fourth-order valence-electron chi connectivity index (χ4n) is 2.62. The van der Waals surface area contributed by atoms with Crippen molar-refractivity contribution in [3.8, 4) is 5.69 Å². The van der Waals surface area contributed by atoms with Crippen LogP contribution in [0.2, 0.25) is 5.02 Å². The number of aliphatic hydroxyl groups is 1. The van der Waals surface area contributed by atoms with Crippen LogP contribution in [0, 0.1) is 0 Å². The molecule has 0 radical (unpaired) electrons. The van der Waals surface area contributed by atoms with Crippen LogP contribution in [-0.2, 0) is 6.42 Å². The quantitative estimate of drug-likeness (QED) is 0.772. The van der Waals surface area contributed by atoms with Gasteiger partial charge in [-0.05, 0) is 42.3 Å². The summed E-state index contributed by atoms with van der Waals surface area (Å²) in [4.78, 5) is 16.6. The smallest absolute Gasteiger partial charge is 0.354 e. The van der Waals surface area contributed by atoms with Crippen LogP contribution in [0.3, 0.4) is 0 Å². The largest absolute Gasteiger partial charge is 0.396 e. The van der Waals surface area contributed by atoms with Crippen molar-refractivity contribution in [2.75, 3.05) is 19.0 Å². The average Bonchev–Trinajstić information content (AvgIpc) is 2.54. The molecule has 2 aromatic carbocycles. The molecular weight excluding hydrogens is 314 g/mol. The minimum absolute atomic E-state index is 0.0574. The van der Waals surface area contributed by atoms with Crippen LogP contribution in [0.15, 0.2) is 47.3 Å². The lowest BCUT2D eigenvalue weighted by atomic mass is 10.1. The maximum absolute atomic E-state index is 12.5. The van der Waals surface area contributed by atoms with Crippen LogP contribution in [0.1, 0.15) is 5.56 Å². The summed E-state index contributed by atoms with van der Waals surface area (Å²) in [6.45, 7) is 0.0574. The first-order valence-corrected chi connectivity index (χ1v) is 7.62. The first kappa shape index (κ1) is 15.5. The van der Waals surface area contributed by atoms with Gasteiger partial charge in [0.15, 0.2) is 0 Å². The van der Waals surface area contributed by atoms with E-state index in [-0.39, 0.29) is 12.3 Å². The number of fused-ring (bicyclic) bond motifs is 1. The summed E-state index contributed by atoms with van der Waals surface area (Å²) in [5, 5.41) is 13.4. The highest BCUT2D eigenvalue weighted by molar-refractivity contribution is 6.31. The molecule has 23 heavy (non-hydrogen) atoms. The SMILES string of the molecule is CNc1nc(=O)n(-c2cccc(CCO)c2)c2cc(Cl)ccc12. The lowest BCUT2D eigenvalue weighted by Crippen LogP contribution is -2.23. The average molecular weight is 330 g/mol. The summed E-state index contributed by atoms with van der Waals surface area (Å²) in [5.41, 5.74) is 1.95. The highest BCUT2D eigenvalue weighted by Crippen LogP contribution is 2.25. The van der Waals surface area contributed by atoms with Gasteiger partial charge in [0.05, 0.1) is 11.2 Å². The van der Waals surface area contributed by atoms with Gasteiger partial charge < -0.3 is 10.4 Å². The molecule has 0 aliphatic carbocycles. The Kier molecular flexibility index (Phi) is 4.32. The van der Waals surface area contributed by atoms with Gasteiger partial charge in [-0.15, -0.1) is 0 Å². The van der Waals surface area contributed by atoms with E-state index in [2.05, 4.69) is 10.3 Å². The monoisotopic (exact) mass is 329 g/mol. The molecule has 0 unspecified atom stereocenters. The third-order valence-corrected chi connectivity index (χ3v) is 3.90. The van der Waals surface area contributed by atoms with Gasteiger partial charge in [0, 0.05) is 24.1 Å². The van der Waals surface area contributed by atoms with Gasteiger partial charge >= 0.3 is 5.69 Å². The molecule has 0 saturated heterocycles. The van der Waals surface area contributed by atoms with Crippen LogP contribution in [-0.4, -0.2) is 28.3 Å². The second-order valence-electron chi connectivity index (χ2n) is 5.13. The minimum atomic E-state index is -0.384. The van der Waals surface area contributed by atoms with Gasteiger partial charge in [-0.25, -0.2) is 4.79 Å². The number of hydrogen-bond acceptors (Lipinski definition) is 4. The topological polar surface area (TPSA) is 67.2 Å². The third-order valence-electron chi connectivity index (χ3n) is 3.66. The Balaban J connectivity index is 2.33. The molecule has 0 saturated carbocycles. The molecular formula is C17H16ClN3O2. The Morgan fingerprint density at radius 1 is 1.26 bits per heavy atom. The van der Waals surface area contributed by atoms with E-state index in [0.717, 1.165) is 10.9 Å². The van der Waals surface area contributed by atoms with Crippen molar-refractivity contribution in [1.82, 2.24) is 9.55 Å². The van der Waals surface area contributed by atoms with E-state index in [0.29, 0.717) is 28.5 Å². The second kappa shape index (κ2) is 6.40. The van der Waals surface area contributed by atoms with Crippen molar-refractivity contribution in [2.24, 2.45) is 0 Å². The molecule has 3 rings (SSSR count). The molecule has 118 valence electrons. The maximum atomic E-state index is 12.5. The van der Waals surface area contributed by atoms with Crippen molar-refractivity contribution in [3.05, 3.63) is 63.5 Å². The van der Waals surface area contributed by atoms with Gasteiger partial charge in [0.25, 0.3) is 0 Å². The first-order chi connectivity index (χ1) is 11.1. The van der Waals surface area contributed by atoms with E-state index in [1.54, 1.807) is 19.2 Å². The molecule has 0 aliphatic rings. The van der Waals surface area contributed by atoms with Gasteiger partial charge in [-0.1, -0.05) is 23.7 Å². The summed E-state index contributed by atoms with van der Waals surface area (Å²) in [6.07, 6.45) is 0.531. The number of benzene rings is 2. The summed E-state index contributed by atoms with van der Waals surface area (Å²) in [7, 11) is 1.72. The maximum Gasteiger partial charge on any atom is 0.354 e. The second-order valence-corrected chi connectivity index (χ2v) is 5.57. The number of aromatic nitrogens is 2. The summed E-state index contributed by atoms with van der Waals surface area (Å²) in [6, 6.07) is 12.8. The molecule has 1 heterocycles. The molecule has 0 spiro atoms. The zero-order valence-electron chi connectivity index (χ0n) is 12.6. The Morgan fingerprint density at radius 3 is 2.83 bits per heavy atom. The Morgan fingerprint density at radius 2 is 2.09 bits per heavy atom. The van der Waals surface area contributed by atoms with Crippen molar-refractivity contribution in [2.45, 2.75) is 6.42 Å². The number of aliphatic hydroxyl groups excluding tert-OH is 1. The number of nitrogens with one attached hydrogen (secondary N) is 1.